The lowest BCUT2D eigenvalue weighted by Gasteiger charge is -2.20. The number of likely N-dealkylation sites (N-methyl/N-ethyl adjacent to an activating group) is 1. The second-order valence-electron chi connectivity index (χ2n) is 4.32. The zero-order chi connectivity index (χ0) is 12.3. The monoisotopic (exact) mass is 236 g/mol. The Morgan fingerprint density at radius 2 is 2.47 bits per heavy atom. The molecule has 0 radical (unpaired) electrons. The first-order valence-electron chi connectivity index (χ1n) is 5.64. The fraction of sp³-hybridized carbons (Fsp3) is 0.545. The van der Waals surface area contributed by atoms with Crippen molar-refractivity contribution in [1.82, 2.24) is 15.1 Å². The van der Waals surface area contributed by atoms with Crippen LogP contribution in [0.5, 0.6) is 0 Å². The molecule has 1 fully saturated rings. The van der Waals surface area contributed by atoms with Crippen LogP contribution in [0.15, 0.2) is 18.3 Å². The molecule has 17 heavy (non-hydrogen) atoms. The van der Waals surface area contributed by atoms with Crippen LogP contribution in [0.4, 0.5) is 10.6 Å². The van der Waals surface area contributed by atoms with Gasteiger partial charge in [0.25, 0.3) is 0 Å². The van der Waals surface area contributed by atoms with Gasteiger partial charge in [0, 0.05) is 19.8 Å². The van der Waals surface area contributed by atoms with E-state index in [4.69, 9.17) is 0 Å². The molecule has 1 aromatic heterocycles. The normalized spacial score (nSPS) is 16.4. The molecule has 92 valence electrons. The Hall–Kier alpha value is -1.69. The van der Waals surface area contributed by atoms with Crippen molar-refractivity contribution in [1.29, 1.82) is 0 Å². The molecular weight excluding hydrogens is 220 g/mol. The molecule has 0 spiro atoms. The Labute approximate surface area is 99.7 Å². The van der Waals surface area contributed by atoms with E-state index in [0.29, 0.717) is 18.3 Å². The summed E-state index contributed by atoms with van der Waals surface area (Å²) >= 11 is 0. The molecule has 6 heteroatoms. The lowest BCUT2D eigenvalue weighted by Crippen LogP contribution is -2.38. The van der Waals surface area contributed by atoms with Gasteiger partial charge >= 0.3 is 6.03 Å². The Kier molecular flexibility index (Phi) is 3.53. The van der Waals surface area contributed by atoms with Crippen molar-refractivity contribution >= 4 is 11.8 Å². The number of hydrogen-bond acceptors (Lipinski definition) is 4. The first-order valence-corrected chi connectivity index (χ1v) is 5.64. The summed E-state index contributed by atoms with van der Waals surface area (Å²) in [5, 5.41) is 19.8. The first-order chi connectivity index (χ1) is 8.16. The van der Waals surface area contributed by atoms with Crippen LogP contribution >= 0.6 is 0 Å². The van der Waals surface area contributed by atoms with Crippen LogP contribution < -0.4 is 5.32 Å². The lowest BCUT2D eigenvalue weighted by atomic mass is 10.2. The average molecular weight is 236 g/mol. The van der Waals surface area contributed by atoms with Crippen molar-refractivity contribution in [2.75, 3.05) is 18.9 Å². The van der Waals surface area contributed by atoms with E-state index >= 15 is 0 Å². The van der Waals surface area contributed by atoms with Crippen LogP contribution in [0.3, 0.4) is 0 Å². The molecule has 1 aliphatic rings. The third-order valence-corrected chi connectivity index (χ3v) is 2.78. The molecule has 1 aliphatic carbocycles. The molecule has 2 amide bonds. The highest BCUT2D eigenvalue weighted by molar-refractivity contribution is 5.87. The number of aliphatic hydroxyl groups is 1. The third kappa shape index (κ3) is 3.39. The van der Waals surface area contributed by atoms with Gasteiger partial charge in [0.2, 0.25) is 0 Å². The van der Waals surface area contributed by atoms with Crippen LogP contribution in [0, 0.1) is 5.92 Å². The van der Waals surface area contributed by atoms with Gasteiger partial charge in [0.15, 0.2) is 5.82 Å². The summed E-state index contributed by atoms with van der Waals surface area (Å²) in [6.45, 7) is 0.344. The minimum Gasteiger partial charge on any atom is -0.391 e. The third-order valence-electron chi connectivity index (χ3n) is 2.78. The Bertz CT molecular complexity index is 380. The second-order valence-corrected chi connectivity index (χ2v) is 4.32. The smallest absolute Gasteiger partial charge is 0.322 e. The van der Waals surface area contributed by atoms with E-state index in [1.807, 2.05) is 0 Å². The van der Waals surface area contributed by atoms with Gasteiger partial charge in [-0.25, -0.2) is 4.79 Å². The standard InChI is InChI=1S/C11H16N4O2/c1-15(7-9(16)8-4-5-8)11(17)13-10-3-2-6-12-14-10/h2-3,6,8-9,16H,4-5,7H2,1H3,(H,13,14,17). The summed E-state index contributed by atoms with van der Waals surface area (Å²) < 4.78 is 0. The maximum atomic E-state index is 11.7. The first kappa shape index (κ1) is 11.8. The number of carbonyl (C=O) groups is 1. The fourth-order valence-corrected chi connectivity index (χ4v) is 1.57. The Balaban J connectivity index is 1.82. The number of nitrogens with one attached hydrogen (secondary N) is 1. The SMILES string of the molecule is CN(CC(O)C1CC1)C(=O)Nc1cccnn1. The summed E-state index contributed by atoms with van der Waals surface area (Å²) in [5.41, 5.74) is 0. The highest BCUT2D eigenvalue weighted by Crippen LogP contribution is 2.32. The summed E-state index contributed by atoms with van der Waals surface area (Å²) in [4.78, 5) is 13.2. The van der Waals surface area contributed by atoms with E-state index < -0.39 is 6.10 Å². The van der Waals surface area contributed by atoms with Gasteiger partial charge in [-0.2, -0.15) is 5.10 Å². The summed E-state index contributed by atoms with van der Waals surface area (Å²) in [6, 6.07) is 3.07. The van der Waals surface area contributed by atoms with Crippen molar-refractivity contribution < 1.29 is 9.90 Å². The van der Waals surface area contributed by atoms with E-state index in [0.717, 1.165) is 12.8 Å². The van der Waals surface area contributed by atoms with Crippen molar-refractivity contribution in [3.63, 3.8) is 0 Å². The molecule has 0 bridgehead atoms. The Morgan fingerprint density at radius 1 is 1.71 bits per heavy atom. The van der Waals surface area contributed by atoms with Crippen molar-refractivity contribution in [2.24, 2.45) is 5.92 Å². The van der Waals surface area contributed by atoms with Gasteiger partial charge in [0.05, 0.1) is 6.10 Å². The molecule has 0 aromatic carbocycles. The summed E-state index contributed by atoms with van der Waals surface area (Å²) in [5.74, 6) is 0.770. The predicted molar refractivity (Wildman–Crippen MR) is 62.4 cm³/mol. The lowest BCUT2D eigenvalue weighted by molar-refractivity contribution is 0.117. The van der Waals surface area contributed by atoms with Crippen LogP contribution in [0.25, 0.3) is 0 Å². The summed E-state index contributed by atoms with van der Waals surface area (Å²) in [6.07, 6.45) is 3.23. The summed E-state index contributed by atoms with van der Waals surface area (Å²) in [7, 11) is 1.65. The quantitative estimate of drug-likeness (QED) is 0.807. The van der Waals surface area contributed by atoms with E-state index in [9.17, 15) is 9.90 Å². The second kappa shape index (κ2) is 5.09. The number of hydrogen-bond donors (Lipinski definition) is 2. The van der Waals surface area contributed by atoms with Gasteiger partial charge in [-0.1, -0.05) is 0 Å². The highest BCUT2D eigenvalue weighted by Gasteiger charge is 2.31. The number of urea groups is 1. The highest BCUT2D eigenvalue weighted by atomic mass is 16.3. The minimum atomic E-state index is -0.424. The van der Waals surface area contributed by atoms with Gasteiger partial charge in [0.1, 0.15) is 0 Å². The van der Waals surface area contributed by atoms with Gasteiger partial charge in [-0.3, -0.25) is 5.32 Å². The largest absolute Gasteiger partial charge is 0.391 e. The van der Waals surface area contributed by atoms with Crippen molar-refractivity contribution in [2.45, 2.75) is 18.9 Å². The molecule has 1 unspecified atom stereocenters. The fourth-order valence-electron chi connectivity index (χ4n) is 1.57. The van der Waals surface area contributed by atoms with Crippen molar-refractivity contribution in [3.8, 4) is 0 Å². The van der Waals surface area contributed by atoms with E-state index in [1.165, 1.54) is 11.1 Å². The molecule has 0 aliphatic heterocycles. The van der Waals surface area contributed by atoms with E-state index in [1.54, 1.807) is 19.2 Å². The molecule has 2 N–H and O–H groups in total. The number of rotatable bonds is 4. The van der Waals surface area contributed by atoms with Crippen LogP contribution in [0.2, 0.25) is 0 Å². The number of carbonyl (C=O) groups excluding carboxylic acids is 1. The van der Waals surface area contributed by atoms with Gasteiger partial charge < -0.3 is 10.0 Å². The molecular formula is C11H16N4O2. The predicted octanol–water partition coefficient (Wildman–Crippen LogP) is 0.711. The number of nitrogens with zero attached hydrogens (tertiary/aromatic N) is 3. The number of anilines is 1. The number of aromatic nitrogens is 2. The molecule has 1 saturated carbocycles. The van der Waals surface area contributed by atoms with Gasteiger partial charge in [-0.15, -0.1) is 5.10 Å². The van der Waals surface area contributed by atoms with Crippen molar-refractivity contribution in [3.05, 3.63) is 18.3 Å². The molecule has 1 aromatic rings. The van der Waals surface area contributed by atoms with Crippen LogP contribution in [-0.2, 0) is 0 Å². The van der Waals surface area contributed by atoms with Crippen LogP contribution in [-0.4, -0.2) is 45.9 Å². The molecule has 6 nitrogen and oxygen atoms in total. The van der Waals surface area contributed by atoms with Crippen LogP contribution in [0.1, 0.15) is 12.8 Å². The molecule has 1 heterocycles. The zero-order valence-electron chi connectivity index (χ0n) is 9.71. The molecule has 1 atom stereocenters. The number of amides is 2. The maximum Gasteiger partial charge on any atom is 0.322 e. The Morgan fingerprint density at radius 3 is 3.06 bits per heavy atom. The average Bonchev–Trinajstić information content (AvgIpc) is 3.14. The molecule has 2 rings (SSSR count). The van der Waals surface area contributed by atoms with E-state index in [-0.39, 0.29) is 6.03 Å². The molecule has 0 saturated heterocycles. The minimum absolute atomic E-state index is 0.287. The topological polar surface area (TPSA) is 78.4 Å². The maximum absolute atomic E-state index is 11.7. The number of aliphatic hydroxyl groups excluding tert-OH is 1. The zero-order valence-corrected chi connectivity index (χ0v) is 9.71. The van der Waals surface area contributed by atoms with Gasteiger partial charge in [-0.05, 0) is 30.9 Å². The van der Waals surface area contributed by atoms with E-state index in [2.05, 4.69) is 15.5 Å².